The van der Waals surface area contributed by atoms with Gasteiger partial charge in [0.2, 0.25) is 0 Å². The number of hydrogen-bond donors (Lipinski definition) is 1. The quantitative estimate of drug-likeness (QED) is 0.267. The Morgan fingerprint density at radius 1 is 1.24 bits per heavy atom. The highest BCUT2D eigenvalue weighted by molar-refractivity contribution is 14.0. The Balaban J connectivity index is 0.00000306. The van der Waals surface area contributed by atoms with Crippen molar-refractivity contribution in [2.24, 2.45) is 12.0 Å². The first-order valence-electron chi connectivity index (χ1n) is 11.2. The van der Waals surface area contributed by atoms with Gasteiger partial charge in [0.1, 0.15) is 6.10 Å². The van der Waals surface area contributed by atoms with E-state index in [-0.39, 0.29) is 30.1 Å². The number of aromatic nitrogens is 4. The lowest BCUT2D eigenvalue weighted by Gasteiger charge is -2.34. The summed E-state index contributed by atoms with van der Waals surface area (Å²) >= 11 is 0. The predicted octanol–water partition coefficient (Wildman–Crippen LogP) is 3.23. The topological polar surface area (TPSA) is 93.6 Å². The van der Waals surface area contributed by atoms with Crippen molar-refractivity contribution in [3.05, 3.63) is 53.6 Å². The van der Waals surface area contributed by atoms with Crippen LogP contribution in [0.5, 0.6) is 0 Å². The molecule has 0 bridgehead atoms. The van der Waals surface area contributed by atoms with Gasteiger partial charge in [0, 0.05) is 50.4 Å². The molecule has 178 valence electrons. The highest BCUT2D eigenvalue weighted by Crippen LogP contribution is 2.22. The third-order valence-electron chi connectivity index (χ3n) is 5.44. The molecular formula is C23H32IN7O2. The summed E-state index contributed by atoms with van der Waals surface area (Å²) in [4.78, 5) is 11.5. The second-order valence-electron chi connectivity index (χ2n) is 7.80. The van der Waals surface area contributed by atoms with E-state index in [0.717, 1.165) is 55.4 Å². The molecule has 4 rings (SSSR count). The highest BCUT2D eigenvalue weighted by atomic mass is 127. The fraction of sp³-hybridized carbons (Fsp3) is 0.478. The van der Waals surface area contributed by atoms with Crippen LogP contribution in [0.15, 0.2) is 46.2 Å². The molecular weight excluding hydrogens is 533 g/mol. The van der Waals surface area contributed by atoms with Crippen molar-refractivity contribution in [3.8, 4) is 11.5 Å². The van der Waals surface area contributed by atoms with E-state index < -0.39 is 0 Å². The molecule has 3 heterocycles. The van der Waals surface area contributed by atoms with Crippen molar-refractivity contribution in [1.29, 1.82) is 0 Å². The average Bonchev–Trinajstić information content (AvgIpc) is 3.48. The summed E-state index contributed by atoms with van der Waals surface area (Å²) in [5.41, 5.74) is 3.26. The second kappa shape index (κ2) is 12.1. The van der Waals surface area contributed by atoms with Crippen LogP contribution in [-0.4, -0.2) is 63.6 Å². The number of benzene rings is 1. The van der Waals surface area contributed by atoms with Crippen LogP contribution in [-0.2, 0) is 24.6 Å². The van der Waals surface area contributed by atoms with Gasteiger partial charge in [-0.2, -0.15) is 10.1 Å². The Morgan fingerprint density at radius 2 is 2.06 bits per heavy atom. The zero-order chi connectivity index (χ0) is 22.3. The minimum absolute atomic E-state index is 0. The van der Waals surface area contributed by atoms with E-state index >= 15 is 0 Å². The van der Waals surface area contributed by atoms with Crippen LogP contribution in [0.2, 0.25) is 0 Å². The Kier molecular flexibility index (Phi) is 9.24. The summed E-state index contributed by atoms with van der Waals surface area (Å²) in [5, 5.41) is 11.7. The van der Waals surface area contributed by atoms with Crippen molar-refractivity contribution >= 4 is 29.9 Å². The molecule has 0 spiro atoms. The van der Waals surface area contributed by atoms with Gasteiger partial charge < -0.3 is 19.5 Å². The van der Waals surface area contributed by atoms with Gasteiger partial charge in [0.15, 0.2) is 11.8 Å². The number of ether oxygens (including phenoxy) is 1. The summed E-state index contributed by atoms with van der Waals surface area (Å²) in [6.45, 7) is 7.88. The molecule has 1 fully saturated rings. The summed E-state index contributed by atoms with van der Waals surface area (Å²) < 4.78 is 13.1. The molecule has 1 saturated heterocycles. The third-order valence-corrected chi connectivity index (χ3v) is 5.44. The molecule has 0 amide bonds. The maximum atomic E-state index is 5.97. The maximum absolute atomic E-state index is 5.97. The van der Waals surface area contributed by atoms with E-state index in [1.807, 2.05) is 43.2 Å². The van der Waals surface area contributed by atoms with Gasteiger partial charge in [-0.25, -0.2) is 0 Å². The van der Waals surface area contributed by atoms with Crippen LogP contribution >= 0.6 is 24.0 Å². The van der Waals surface area contributed by atoms with Gasteiger partial charge in [-0.1, -0.05) is 24.2 Å². The van der Waals surface area contributed by atoms with E-state index in [4.69, 9.17) is 14.3 Å². The van der Waals surface area contributed by atoms with E-state index in [9.17, 15) is 0 Å². The number of aliphatic imine (C=N–C) groups is 1. The van der Waals surface area contributed by atoms with E-state index in [1.54, 1.807) is 0 Å². The first-order valence-corrected chi connectivity index (χ1v) is 11.2. The number of rotatable bonds is 7. The number of morpholine rings is 1. The largest absolute Gasteiger partial charge is 0.370 e. The molecule has 33 heavy (non-hydrogen) atoms. The van der Waals surface area contributed by atoms with E-state index in [1.165, 1.54) is 5.56 Å². The normalized spacial score (nSPS) is 16.5. The summed E-state index contributed by atoms with van der Waals surface area (Å²) in [5.74, 6) is 2.22. The Bertz CT molecular complexity index is 1030. The number of aryl methyl sites for hydroxylation is 2. The zero-order valence-corrected chi connectivity index (χ0v) is 21.7. The molecule has 9 nitrogen and oxygen atoms in total. The van der Waals surface area contributed by atoms with E-state index in [0.29, 0.717) is 19.0 Å². The number of guanidine groups is 1. The molecule has 1 aliphatic heterocycles. The van der Waals surface area contributed by atoms with Crippen LogP contribution in [0.4, 0.5) is 0 Å². The fourth-order valence-corrected chi connectivity index (χ4v) is 3.70. The molecule has 10 heteroatoms. The monoisotopic (exact) mass is 565 g/mol. The first kappa shape index (κ1) is 25.2. The average molecular weight is 565 g/mol. The number of nitrogens with one attached hydrogen (secondary N) is 1. The van der Waals surface area contributed by atoms with Crippen LogP contribution in [0.1, 0.15) is 36.9 Å². The van der Waals surface area contributed by atoms with Crippen molar-refractivity contribution in [3.63, 3.8) is 0 Å². The predicted molar refractivity (Wildman–Crippen MR) is 138 cm³/mol. The Morgan fingerprint density at radius 3 is 2.73 bits per heavy atom. The van der Waals surface area contributed by atoms with Crippen molar-refractivity contribution in [2.45, 2.75) is 32.8 Å². The maximum Gasteiger partial charge on any atom is 0.257 e. The van der Waals surface area contributed by atoms with Crippen LogP contribution in [0.3, 0.4) is 0 Å². The van der Waals surface area contributed by atoms with Gasteiger partial charge in [0.25, 0.3) is 5.89 Å². The lowest BCUT2D eigenvalue weighted by atomic mass is 10.1. The van der Waals surface area contributed by atoms with Gasteiger partial charge in [-0.3, -0.25) is 9.67 Å². The highest BCUT2D eigenvalue weighted by Gasteiger charge is 2.25. The second-order valence-corrected chi connectivity index (χ2v) is 7.80. The Hall–Kier alpha value is -2.47. The molecule has 3 aromatic rings. The lowest BCUT2D eigenvalue weighted by Crippen LogP contribution is -2.48. The molecule has 1 atom stereocenters. The van der Waals surface area contributed by atoms with Gasteiger partial charge in [-0.05, 0) is 31.0 Å². The summed E-state index contributed by atoms with van der Waals surface area (Å²) in [7, 11) is 1.92. The molecule has 0 aliphatic carbocycles. The SMILES string of the molecule is CCNC(=NCCc1ccc(-c2nc(CC)no2)cc1)N1CCOC(c2cnn(C)c2)C1.I. The van der Waals surface area contributed by atoms with E-state index in [2.05, 4.69) is 44.5 Å². The Labute approximate surface area is 211 Å². The molecule has 1 aromatic carbocycles. The zero-order valence-electron chi connectivity index (χ0n) is 19.4. The van der Waals surface area contributed by atoms with Crippen molar-refractivity contribution in [2.75, 3.05) is 32.8 Å². The van der Waals surface area contributed by atoms with Crippen molar-refractivity contribution in [1.82, 2.24) is 30.1 Å². The standard InChI is InChI=1S/C23H31N7O2.HI/c1-4-21-27-22(32-28-21)18-8-6-17(7-9-18)10-11-25-23(24-5-2)30-12-13-31-20(16-30)19-14-26-29(3)15-19;/h6-9,14-15,20H,4-5,10-13,16H2,1-3H3,(H,24,25);1H. The fourth-order valence-electron chi connectivity index (χ4n) is 3.70. The van der Waals surface area contributed by atoms with Crippen LogP contribution in [0.25, 0.3) is 11.5 Å². The smallest absolute Gasteiger partial charge is 0.257 e. The molecule has 0 radical (unpaired) electrons. The van der Waals surface area contributed by atoms with Crippen LogP contribution < -0.4 is 5.32 Å². The number of hydrogen-bond acceptors (Lipinski definition) is 6. The van der Waals surface area contributed by atoms with Gasteiger partial charge >= 0.3 is 0 Å². The molecule has 1 aliphatic rings. The van der Waals surface area contributed by atoms with Crippen molar-refractivity contribution < 1.29 is 9.26 Å². The third kappa shape index (κ3) is 6.53. The minimum Gasteiger partial charge on any atom is -0.370 e. The lowest BCUT2D eigenvalue weighted by molar-refractivity contribution is -0.00803. The van der Waals surface area contributed by atoms with Gasteiger partial charge in [0.05, 0.1) is 19.3 Å². The minimum atomic E-state index is 0. The number of halogens is 1. The summed E-state index contributed by atoms with van der Waals surface area (Å²) in [6.07, 6.45) is 5.51. The van der Waals surface area contributed by atoms with Crippen LogP contribution in [0, 0.1) is 0 Å². The first-order chi connectivity index (χ1) is 15.7. The molecule has 2 aromatic heterocycles. The number of nitrogens with zero attached hydrogens (tertiary/aromatic N) is 6. The summed E-state index contributed by atoms with van der Waals surface area (Å²) in [6, 6.07) is 8.25. The molecule has 0 saturated carbocycles. The molecule has 1 N–H and O–H groups in total. The van der Waals surface area contributed by atoms with Gasteiger partial charge in [-0.15, -0.1) is 24.0 Å². The molecule has 1 unspecified atom stereocenters.